The van der Waals surface area contributed by atoms with Crippen molar-refractivity contribution < 1.29 is 17.6 Å². The molecule has 0 spiro atoms. The van der Waals surface area contributed by atoms with Gasteiger partial charge in [0.1, 0.15) is 11.9 Å². The van der Waals surface area contributed by atoms with Crippen molar-refractivity contribution in [2.24, 2.45) is 0 Å². The smallest absolute Gasteiger partial charge is 0.243 e. The molecule has 0 fully saturated rings. The Morgan fingerprint density at radius 3 is 2.25 bits per heavy atom. The van der Waals surface area contributed by atoms with E-state index in [1.54, 1.807) is 0 Å². The summed E-state index contributed by atoms with van der Waals surface area (Å²) < 4.78 is 38.2. The number of hydrogen-bond acceptors (Lipinski definition) is 3. The van der Waals surface area contributed by atoms with E-state index < -0.39 is 27.8 Å². The maximum atomic E-state index is 13.1. The van der Waals surface area contributed by atoms with Crippen LogP contribution < -0.4 is 9.62 Å². The fourth-order valence-corrected chi connectivity index (χ4v) is 3.50. The zero-order chi connectivity index (χ0) is 17.7. The van der Waals surface area contributed by atoms with Crippen molar-refractivity contribution in [1.82, 2.24) is 5.32 Å². The Hall–Kier alpha value is -2.41. The first-order valence-corrected chi connectivity index (χ1v) is 9.20. The molecule has 0 saturated carbocycles. The second-order valence-corrected chi connectivity index (χ2v) is 7.27. The first kappa shape index (κ1) is 17.9. The zero-order valence-electron chi connectivity index (χ0n) is 13.4. The molecule has 2 aromatic rings. The molecule has 0 aliphatic rings. The Morgan fingerprint density at radius 2 is 1.71 bits per heavy atom. The van der Waals surface area contributed by atoms with Gasteiger partial charge in [0.15, 0.2) is 0 Å². The summed E-state index contributed by atoms with van der Waals surface area (Å²) in [5.74, 6) is -0.915. The van der Waals surface area contributed by atoms with Gasteiger partial charge >= 0.3 is 0 Å². The first-order valence-electron chi connectivity index (χ1n) is 7.35. The number of anilines is 1. The van der Waals surface area contributed by atoms with E-state index in [0.717, 1.165) is 28.3 Å². The quantitative estimate of drug-likeness (QED) is 0.869. The first-order chi connectivity index (χ1) is 11.3. The van der Waals surface area contributed by atoms with Crippen LogP contribution in [-0.2, 0) is 21.4 Å². The van der Waals surface area contributed by atoms with Gasteiger partial charge in [0.2, 0.25) is 15.9 Å². The van der Waals surface area contributed by atoms with Crippen LogP contribution in [0.1, 0.15) is 12.5 Å². The highest BCUT2D eigenvalue weighted by atomic mass is 32.2. The highest BCUT2D eigenvalue weighted by Crippen LogP contribution is 2.21. The topological polar surface area (TPSA) is 66.5 Å². The standard InChI is InChI=1S/C17H19FN2O3S/c1-13(17(21)19-12-14-6-4-3-5-7-14)20(24(2,22)23)16-10-8-15(18)9-11-16/h3-11,13H,12H2,1-2H3,(H,19,21)/t13-/m1/s1. The molecular formula is C17H19FN2O3S. The Balaban J connectivity index is 2.17. The summed E-state index contributed by atoms with van der Waals surface area (Å²) in [6, 6.07) is 13.3. The van der Waals surface area contributed by atoms with Crippen molar-refractivity contribution in [3.05, 3.63) is 66.0 Å². The van der Waals surface area contributed by atoms with Gasteiger partial charge in [0.05, 0.1) is 11.9 Å². The number of carbonyl (C=O) groups excluding carboxylic acids is 1. The molecule has 0 aliphatic carbocycles. The van der Waals surface area contributed by atoms with Crippen LogP contribution in [0.15, 0.2) is 54.6 Å². The average Bonchev–Trinajstić information content (AvgIpc) is 2.54. The second-order valence-electron chi connectivity index (χ2n) is 5.41. The lowest BCUT2D eigenvalue weighted by Crippen LogP contribution is -2.47. The van der Waals surface area contributed by atoms with Gasteiger partial charge in [-0.25, -0.2) is 12.8 Å². The number of hydrogen-bond donors (Lipinski definition) is 1. The van der Waals surface area contributed by atoms with Crippen LogP contribution in [0.5, 0.6) is 0 Å². The molecule has 5 nitrogen and oxygen atoms in total. The van der Waals surface area contributed by atoms with E-state index in [0.29, 0.717) is 6.54 Å². The summed E-state index contributed by atoms with van der Waals surface area (Å²) in [6.45, 7) is 1.79. The van der Waals surface area contributed by atoms with Crippen LogP contribution in [0, 0.1) is 5.82 Å². The Labute approximate surface area is 141 Å². The molecule has 1 N–H and O–H groups in total. The van der Waals surface area contributed by atoms with Gasteiger partial charge < -0.3 is 5.32 Å². The fourth-order valence-electron chi connectivity index (χ4n) is 2.33. The van der Waals surface area contributed by atoms with E-state index >= 15 is 0 Å². The molecule has 1 amide bonds. The molecule has 0 radical (unpaired) electrons. The Kier molecular flexibility index (Phi) is 5.56. The normalized spacial score (nSPS) is 12.5. The number of nitrogens with zero attached hydrogens (tertiary/aromatic N) is 1. The molecule has 0 bridgehead atoms. The van der Waals surface area contributed by atoms with Gasteiger partial charge in [-0.1, -0.05) is 30.3 Å². The predicted octanol–water partition coefficient (Wildman–Crippen LogP) is 2.30. The molecule has 2 aromatic carbocycles. The van der Waals surface area contributed by atoms with E-state index in [9.17, 15) is 17.6 Å². The monoisotopic (exact) mass is 350 g/mol. The lowest BCUT2D eigenvalue weighted by molar-refractivity contribution is -0.122. The second kappa shape index (κ2) is 7.44. The van der Waals surface area contributed by atoms with Crippen LogP contribution in [-0.4, -0.2) is 26.6 Å². The average molecular weight is 350 g/mol. The summed E-state index contributed by atoms with van der Waals surface area (Å²) in [4.78, 5) is 12.4. The number of carbonyl (C=O) groups is 1. The van der Waals surface area contributed by atoms with Crippen LogP contribution >= 0.6 is 0 Å². The van der Waals surface area contributed by atoms with Crippen LogP contribution in [0.2, 0.25) is 0 Å². The third kappa shape index (κ3) is 4.55. The van der Waals surface area contributed by atoms with Crippen molar-refractivity contribution >= 4 is 21.6 Å². The molecule has 0 unspecified atom stereocenters. The van der Waals surface area contributed by atoms with Crippen LogP contribution in [0.25, 0.3) is 0 Å². The third-order valence-corrected chi connectivity index (χ3v) is 4.72. The number of sulfonamides is 1. The molecule has 24 heavy (non-hydrogen) atoms. The number of benzene rings is 2. The lowest BCUT2D eigenvalue weighted by atomic mass is 10.2. The van der Waals surface area contributed by atoms with Gasteiger partial charge in [-0.15, -0.1) is 0 Å². The van der Waals surface area contributed by atoms with E-state index in [2.05, 4.69) is 5.32 Å². The third-order valence-electron chi connectivity index (χ3n) is 3.48. The molecule has 0 heterocycles. The predicted molar refractivity (Wildman–Crippen MR) is 91.5 cm³/mol. The van der Waals surface area contributed by atoms with Crippen LogP contribution in [0.3, 0.4) is 0 Å². The van der Waals surface area contributed by atoms with Gasteiger partial charge in [0, 0.05) is 6.54 Å². The van der Waals surface area contributed by atoms with E-state index in [4.69, 9.17) is 0 Å². The van der Waals surface area contributed by atoms with Gasteiger partial charge in [0.25, 0.3) is 0 Å². The zero-order valence-corrected chi connectivity index (χ0v) is 14.3. The van der Waals surface area contributed by atoms with Crippen molar-refractivity contribution in [3.63, 3.8) is 0 Å². The molecule has 1 atom stereocenters. The number of amides is 1. The minimum atomic E-state index is -3.71. The summed E-state index contributed by atoms with van der Waals surface area (Å²) in [7, 11) is -3.71. The van der Waals surface area contributed by atoms with E-state index in [-0.39, 0.29) is 5.69 Å². The van der Waals surface area contributed by atoms with Crippen molar-refractivity contribution in [3.8, 4) is 0 Å². The summed E-state index contributed by atoms with van der Waals surface area (Å²) in [5, 5.41) is 2.71. The maximum Gasteiger partial charge on any atom is 0.243 e. The Morgan fingerprint density at radius 1 is 1.12 bits per heavy atom. The summed E-state index contributed by atoms with van der Waals surface area (Å²) in [6.07, 6.45) is 1.01. The van der Waals surface area contributed by atoms with Crippen molar-refractivity contribution in [1.29, 1.82) is 0 Å². The Bertz CT molecular complexity index is 792. The molecular weight excluding hydrogens is 331 g/mol. The van der Waals surface area contributed by atoms with Gasteiger partial charge in [-0.3, -0.25) is 9.10 Å². The molecule has 0 aromatic heterocycles. The highest BCUT2D eigenvalue weighted by molar-refractivity contribution is 7.92. The molecule has 128 valence electrons. The fraction of sp³-hybridized carbons (Fsp3) is 0.235. The number of rotatable bonds is 6. The molecule has 7 heteroatoms. The minimum Gasteiger partial charge on any atom is -0.350 e. The molecule has 0 saturated heterocycles. The SMILES string of the molecule is C[C@H](C(=O)NCc1ccccc1)N(c1ccc(F)cc1)S(C)(=O)=O. The summed E-state index contributed by atoms with van der Waals surface area (Å²) in [5.41, 5.74) is 1.15. The van der Waals surface area contributed by atoms with Gasteiger partial charge in [-0.05, 0) is 36.8 Å². The highest BCUT2D eigenvalue weighted by Gasteiger charge is 2.28. The number of nitrogens with one attached hydrogen (secondary N) is 1. The van der Waals surface area contributed by atoms with Crippen molar-refractivity contribution in [2.75, 3.05) is 10.6 Å². The molecule has 2 rings (SSSR count). The summed E-state index contributed by atoms with van der Waals surface area (Å²) >= 11 is 0. The lowest BCUT2D eigenvalue weighted by Gasteiger charge is -2.28. The van der Waals surface area contributed by atoms with E-state index in [1.165, 1.54) is 19.1 Å². The van der Waals surface area contributed by atoms with Crippen LogP contribution in [0.4, 0.5) is 10.1 Å². The van der Waals surface area contributed by atoms with Gasteiger partial charge in [-0.2, -0.15) is 0 Å². The molecule has 0 aliphatic heterocycles. The van der Waals surface area contributed by atoms with E-state index in [1.807, 2.05) is 30.3 Å². The number of halogens is 1. The van der Waals surface area contributed by atoms with Crippen molar-refractivity contribution in [2.45, 2.75) is 19.5 Å². The largest absolute Gasteiger partial charge is 0.350 e. The minimum absolute atomic E-state index is 0.237. The maximum absolute atomic E-state index is 13.1.